The smallest absolute Gasteiger partial charge is 0.161 e. The number of amidine groups is 1. The molecule has 0 spiro atoms. The molecule has 1 aromatic carbocycles. The predicted molar refractivity (Wildman–Crippen MR) is 68.7 cm³/mol. The Bertz CT molecular complexity index is 480. The highest BCUT2D eigenvalue weighted by Crippen LogP contribution is 2.38. The average Bonchev–Trinajstić information content (AvgIpc) is 2.40. The number of aliphatic imine (C=N–C) groups is 1. The summed E-state index contributed by atoms with van der Waals surface area (Å²) in [5, 5.41) is 13.8. The Morgan fingerprint density at radius 2 is 1.76 bits per heavy atom. The van der Waals surface area contributed by atoms with Crippen molar-refractivity contribution in [3.05, 3.63) is 34.9 Å². The van der Waals surface area contributed by atoms with Crippen LogP contribution in [0.5, 0.6) is 0 Å². The lowest BCUT2D eigenvalue weighted by Gasteiger charge is -2.35. The third-order valence-electron chi connectivity index (χ3n) is 3.70. The lowest BCUT2D eigenvalue weighted by atomic mass is 9.84. The van der Waals surface area contributed by atoms with Gasteiger partial charge in [-0.15, -0.1) is 0 Å². The summed E-state index contributed by atoms with van der Waals surface area (Å²) in [6, 6.07) is 7.29. The molecule has 1 aliphatic heterocycles. The van der Waals surface area contributed by atoms with Gasteiger partial charge >= 0.3 is 0 Å². The molecule has 0 amide bonds. The van der Waals surface area contributed by atoms with Gasteiger partial charge in [0.2, 0.25) is 0 Å². The normalized spacial score (nSPS) is 21.5. The van der Waals surface area contributed by atoms with Gasteiger partial charge in [-0.25, -0.2) is 0 Å². The van der Waals surface area contributed by atoms with E-state index in [1.165, 1.54) is 0 Å². The van der Waals surface area contributed by atoms with Crippen LogP contribution >= 0.6 is 11.6 Å². The molecular formula is C13H16ClN2O. The fourth-order valence-corrected chi connectivity index (χ4v) is 1.99. The number of hydrogen-bond donors (Lipinski definition) is 0. The predicted octanol–water partition coefficient (Wildman–Crippen LogP) is 3.30. The molecule has 0 fully saturated rings. The van der Waals surface area contributed by atoms with Crippen LogP contribution in [0.4, 0.5) is 0 Å². The lowest BCUT2D eigenvalue weighted by Crippen LogP contribution is -2.50. The standard InChI is InChI=1S/C13H16ClN2O/c1-12(2)13(3,4)16(17)11(15-12)9-7-5-6-8-10(9)14/h5-8H,1-4H3. The first kappa shape index (κ1) is 12.4. The second-order valence-corrected chi connectivity index (χ2v) is 5.73. The molecule has 4 heteroatoms. The summed E-state index contributed by atoms with van der Waals surface area (Å²) in [5.41, 5.74) is -0.298. The second-order valence-electron chi connectivity index (χ2n) is 5.33. The maximum atomic E-state index is 12.3. The van der Waals surface area contributed by atoms with E-state index in [9.17, 15) is 5.21 Å². The Hall–Kier alpha value is -1.06. The van der Waals surface area contributed by atoms with E-state index in [1.54, 1.807) is 6.07 Å². The molecule has 0 atom stereocenters. The monoisotopic (exact) mass is 251 g/mol. The van der Waals surface area contributed by atoms with Crippen molar-refractivity contribution < 1.29 is 5.21 Å². The number of hydroxylamine groups is 2. The fourth-order valence-electron chi connectivity index (χ4n) is 1.77. The van der Waals surface area contributed by atoms with Crippen LogP contribution in [-0.2, 0) is 5.21 Å². The molecule has 1 radical (unpaired) electrons. The SMILES string of the molecule is CC1(C)N=C(c2ccccc2Cl)N([O])C1(C)C. The molecule has 1 heterocycles. The average molecular weight is 252 g/mol. The molecule has 0 bridgehead atoms. The van der Waals surface area contributed by atoms with Gasteiger partial charge in [-0.1, -0.05) is 28.9 Å². The van der Waals surface area contributed by atoms with Crippen molar-refractivity contribution >= 4 is 17.4 Å². The minimum atomic E-state index is -0.568. The Kier molecular flexibility index (Phi) is 2.71. The summed E-state index contributed by atoms with van der Waals surface area (Å²) >= 11 is 6.11. The molecule has 0 unspecified atom stereocenters. The van der Waals surface area contributed by atoms with E-state index in [-0.39, 0.29) is 0 Å². The molecule has 0 saturated heterocycles. The zero-order valence-electron chi connectivity index (χ0n) is 10.5. The van der Waals surface area contributed by atoms with Crippen LogP contribution in [0.3, 0.4) is 0 Å². The van der Waals surface area contributed by atoms with Gasteiger partial charge in [0, 0.05) is 5.56 Å². The van der Waals surface area contributed by atoms with E-state index in [1.807, 2.05) is 45.9 Å². The van der Waals surface area contributed by atoms with E-state index < -0.39 is 11.1 Å². The summed E-state index contributed by atoms with van der Waals surface area (Å²) in [6.45, 7) is 7.71. The number of nitrogens with zero attached hydrogens (tertiary/aromatic N) is 2. The molecule has 2 rings (SSSR count). The minimum Gasteiger partial charge on any atom is -0.257 e. The van der Waals surface area contributed by atoms with Crippen molar-refractivity contribution in [2.24, 2.45) is 4.99 Å². The molecule has 17 heavy (non-hydrogen) atoms. The maximum Gasteiger partial charge on any atom is 0.161 e. The number of benzene rings is 1. The van der Waals surface area contributed by atoms with Gasteiger partial charge in [-0.2, -0.15) is 5.06 Å². The van der Waals surface area contributed by atoms with E-state index in [0.29, 0.717) is 16.4 Å². The van der Waals surface area contributed by atoms with Crippen LogP contribution in [-0.4, -0.2) is 22.0 Å². The molecule has 0 saturated carbocycles. The molecule has 1 aliphatic rings. The first-order chi connectivity index (χ1) is 7.77. The summed E-state index contributed by atoms with van der Waals surface area (Å²) < 4.78 is 0. The summed E-state index contributed by atoms with van der Waals surface area (Å²) in [7, 11) is 0. The lowest BCUT2D eigenvalue weighted by molar-refractivity contribution is -0.158. The van der Waals surface area contributed by atoms with Crippen molar-refractivity contribution in [3.63, 3.8) is 0 Å². The zero-order chi connectivity index (χ0) is 12.8. The zero-order valence-corrected chi connectivity index (χ0v) is 11.2. The van der Waals surface area contributed by atoms with Gasteiger partial charge in [0.1, 0.15) is 0 Å². The van der Waals surface area contributed by atoms with Gasteiger partial charge in [0.15, 0.2) is 5.84 Å². The largest absolute Gasteiger partial charge is 0.257 e. The van der Waals surface area contributed by atoms with Crippen molar-refractivity contribution in [2.45, 2.75) is 38.8 Å². The van der Waals surface area contributed by atoms with Crippen LogP contribution in [0.15, 0.2) is 29.3 Å². The first-order valence-corrected chi connectivity index (χ1v) is 5.97. The maximum absolute atomic E-state index is 12.3. The summed E-state index contributed by atoms with van der Waals surface area (Å²) in [4.78, 5) is 4.53. The highest BCUT2D eigenvalue weighted by Gasteiger charge is 2.50. The third-order valence-corrected chi connectivity index (χ3v) is 4.03. The van der Waals surface area contributed by atoms with E-state index in [4.69, 9.17) is 11.6 Å². The molecule has 0 N–H and O–H groups in total. The van der Waals surface area contributed by atoms with Crippen LogP contribution < -0.4 is 0 Å². The molecule has 1 aromatic rings. The van der Waals surface area contributed by atoms with E-state index >= 15 is 0 Å². The van der Waals surface area contributed by atoms with Crippen LogP contribution in [0.25, 0.3) is 0 Å². The Morgan fingerprint density at radius 3 is 2.24 bits per heavy atom. The Labute approximate surface area is 107 Å². The van der Waals surface area contributed by atoms with E-state index in [0.717, 1.165) is 5.06 Å². The Morgan fingerprint density at radius 1 is 1.18 bits per heavy atom. The van der Waals surface area contributed by atoms with Gasteiger partial charge in [0.05, 0.1) is 16.1 Å². The summed E-state index contributed by atoms with van der Waals surface area (Å²) in [6.07, 6.45) is 0. The first-order valence-electron chi connectivity index (χ1n) is 5.59. The highest BCUT2D eigenvalue weighted by molar-refractivity contribution is 6.34. The molecular weight excluding hydrogens is 236 g/mol. The number of rotatable bonds is 1. The van der Waals surface area contributed by atoms with Crippen molar-refractivity contribution in [1.29, 1.82) is 0 Å². The Balaban J connectivity index is 2.53. The van der Waals surface area contributed by atoms with Gasteiger partial charge in [-0.05, 0) is 39.8 Å². The molecule has 0 aromatic heterocycles. The van der Waals surface area contributed by atoms with Crippen LogP contribution in [0.2, 0.25) is 5.02 Å². The quantitative estimate of drug-likeness (QED) is 0.754. The third kappa shape index (κ3) is 1.74. The topological polar surface area (TPSA) is 35.5 Å². The highest BCUT2D eigenvalue weighted by atomic mass is 35.5. The van der Waals surface area contributed by atoms with Crippen molar-refractivity contribution in [1.82, 2.24) is 5.06 Å². The molecule has 0 aliphatic carbocycles. The number of hydrogen-bond acceptors (Lipinski definition) is 2. The van der Waals surface area contributed by atoms with Crippen molar-refractivity contribution in [3.8, 4) is 0 Å². The van der Waals surface area contributed by atoms with Gasteiger partial charge < -0.3 is 0 Å². The van der Waals surface area contributed by atoms with Crippen molar-refractivity contribution in [2.75, 3.05) is 0 Å². The number of halogens is 1. The fraction of sp³-hybridized carbons (Fsp3) is 0.462. The van der Waals surface area contributed by atoms with Crippen LogP contribution in [0, 0.1) is 0 Å². The second kappa shape index (κ2) is 3.72. The van der Waals surface area contributed by atoms with Crippen LogP contribution in [0.1, 0.15) is 33.3 Å². The van der Waals surface area contributed by atoms with Gasteiger partial charge in [0.25, 0.3) is 0 Å². The summed E-state index contributed by atoms with van der Waals surface area (Å²) in [5.74, 6) is 0.422. The molecule has 3 nitrogen and oxygen atoms in total. The van der Waals surface area contributed by atoms with Gasteiger partial charge in [-0.3, -0.25) is 4.99 Å². The van der Waals surface area contributed by atoms with E-state index in [2.05, 4.69) is 4.99 Å². The minimum absolute atomic E-state index is 0.422. The molecule has 91 valence electrons.